The first-order valence-corrected chi connectivity index (χ1v) is 8.85. The summed E-state index contributed by atoms with van der Waals surface area (Å²) in [6.45, 7) is 3.50. The van der Waals surface area contributed by atoms with Gasteiger partial charge in [-0.1, -0.05) is 6.07 Å². The molecule has 1 aromatic carbocycles. The first-order valence-electron chi connectivity index (χ1n) is 8.85. The number of hydrogen-bond donors (Lipinski definition) is 1. The van der Waals surface area contributed by atoms with E-state index in [1.807, 2.05) is 13.8 Å². The second-order valence-corrected chi connectivity index (χ2v) is 6.83. The second-order valence-electron chi connectivity index (χ2n) is 6.83. The average molecular weight is 397 g/mol. The molecule has 9 heteroatoms. The van der Waals surface area contributed by atoms with E-state index < -0.39 is 17.6 Å². The molecule has 0 aliphatic carbocycles. The monoisotopic (exact) mass is 397 g/mol. The highest BCUT2D eigenvalue weighted by molar-refractivity contribution is 5.94. The van der Waals surface area contributed by atoms with Crippen LogP contribution < -0.4 is 10.1 Å². The molecule has 3 rings (SSSR count). The minimum absolute atomic E-state index is 0.0391. The maximum absolute atomic E-state index is 13.3. The number of aryl methyl sites for hydroxylation is 1. The fraction of sp³-hybridized carbons (Fsp3) is 0.474. The predicted molar refractivity (Wildman–Crippen MR) is 95.0 cm³/mol. The van der Waals surface area contributed by atoms with Crippen LogP contribution in [0.5, 0.6) is 5.75 Å². The third-order valence-corrected chi connectivity index (χ3v) is 4.77. The van der Waals surface area contributed by atoms with Crippen molar-refractivity contribution in [2.24, 2.45) is 7.05 Å². The zero-order valence-electron chi connectivity index (χ0n) is 16.1. The van der Waals surface area contributed by atoms with E-state index in [0.717, 1.165) is 11.6 Å². The van der Waals surface area contributed by atoms with Crippen LogP contribution in [0.4, 0.5) is 13.2 Å². The number of carbonyl (C=O) groups is 1. The molecule has 6 nitrogen and oxygen atoms in total. The van der Waals surface area contributed by atoms with Crippen molar-refractivity contribution in [1.82, 2.24) is 15.1 Å². The molecule has 0 unspecified atom stereocenters. The topological polar surface area (TPSA) is 65.4 Å². The number of carbonyl (C=O) groups excluding carboxylic acids is 1. The minimum Gasteiger partial charge on any atom is -0.497 e. The molecule has 0 bridgehead atoms. The van der Waals surface area contributed by atoms with Gasteiger partial charge < -0.3 is 14.8 Å². The minimum atomic E-state index is -4.55. The number of methoxy groups -OCH3 is 1. The third-order valence-electron chi connectivity index (χ3n) is 4.77. The zero-order chi connectivity index (χ0) is 20.6. The number of nitrogens with one attached hydrogen (secondary N) is 1. The summed E-state index contributed by atoms with van der Waals surface area (Å²) in [6, 6.07) is 3.66. The number of aromatic nitrogens is 2. The molecular formula is C19H22F3N3O3. The Morgan fingerprint density at radius 1 is 1.39 bits per heavy atom. The molecule has 2 aromatic rings. The quantitative estimate of drug-likeness (QED) is 0.859. The van der Waals surface area contributed by atoms with Gasteiger partial charge in [0, 0.05) is 25.6 Å². The average Bonchev–Trinajstić information content (AvgIpc) is 2.95. The van der Waals surface area contributed by atoms with E-state index in [9.17, 15) is 18.0 Å². The van der Waals surface area contributed by atoms with Gasteiger partial charge in [-0.25, -0.2) is 0 Å². The maximum Gasteiger partial charge on any atom is 0.416 e. The van der Waals surface area contributed by atoms with E-state index in [1.165, 1.54) is 23.9 Å². The van der Waals surface area contributed by atoms with Gasteiger partial charge in [0.05, 0.1) is 30.6 Å². The van der Waals surface area contributed by atoms with E-state index in [4.69, 9.17) is 9.47 Å². The summed E-state index contributed by atoms with van der Waals surface area (Å²) in [5.74, 6) is -0.368. The molecule has 152 valence electrons. The Balaban J connectivity index is 1.85. The van der Waals surface area contributed by atoms with Crippen LogP contribution >= 0.6 is 0 Å². The van der Waals surface area contributed by atoms with E-state index in [1.54, 1.807) is 7.05 Å². The molecular weight excluding hydrogens is 375 g/mol. The van der Waals surface area contributed by atoms with Crippen LogP contribution in [-0.2, 0) is 30.9 Å². The van der Waals surface area contributed by atoms with Gasteiger partial charge >= 0.3 is 6.18 Å². The lowest BCUT2D eigenvalue weighted by Gasteiger charge is -2.24. The molecule has 2 heterocycles. The van der Waals surface area contributed by atoms with Crippen molar-refractivity contribution in [3.05, 3.63) is 46.3 Å². The number of alkyl halides is 3. The highest BCUT2D eigenvalue weighted by Gasteiger charge is 2.34. The molecule has 1 aliphatic heterocycles. The number of ether oxygens (including phenoxy) is 2. The van der Waals surface area contributed by atoms with Gasteiger partial charge in [-0.15, -0.1) is 0 Å². The van der Waals surface area contributed by atoms with Crippen LogP contribution in [0.1, 0.15) is 52.8 Å². The number of amides is 1. The Labute approximate surface area is 160 Å². The smallest absolute Gasteiger partial charge is 0.416 e. The Kier molecular flexibility index (Phi) is 5.38. The summed E-state index contributed by atoms with van der Waals surface area (Å²) in [7, 11) is 2.94. The lowest BCUT2D eigenvalue weighted by Crippen LogP contribution is -2.29. The number of nitrogens with zero attached hydrogens (tertiary/aromatic N) is 2. The molecule has 0 saturated carbocycles. The predicted octanol–water partition coefficient (Wildman–Crippen LogP) is 3.40. The molecule has 2 atom stereocenters. The Morgan fingerprint density at radius 3 is 2.75 bits per heavy atom. The van der Waals surface area contributed by atoms with Gasteiger partial charge in [0.1, 0.15) is 11.4 Å². The summed E-state index contributed by atoms with van der Waals surface area (Å²) < 4.78 is 52.1. The molecule has 0 radical (unpaired) electrons. The molecule has 28 heavy (non-hydrogen) atoms. The normalized spacial score (nSPS) is 19.2. The maximum atomic E-state index is 13.3. The Morgan fingerprint density at radius 2 is 2.11 bits per heavy atom. The van der Waals surface area contributed by atoms with E-state index in [0.29, 0.717) is 17.8 Å². The molecule has 0 fully saturated rings. The Bertz CT molecular complexity index is 893. The van der Waals surface area contributed by atoms with Crippen molar-refractivity contribution in [2.75, 3.05) is 7.11 Å². The van der Waals surface area contributed by atoms with Gasteiger partial charge in [-0.2, -0.15) is 18.3 Å². The summed E-state index contributed by atoms with van der Waals surface area (Å²) in [6.07, 6.45) is -4.35. The van der Waals surface area contributed by atoms with Crippen LogP contribution in [0.25, 0.3) is 0 Å². The van der Waals surface area contributed by atoms with Gasteiger partial charge in [-0.3, -0.25) is 9.48 Å². The fourth-order valence-corrected chi connectivity index (χ4v) is 3.51. The number of rotatable bonds is 4. The number of benzene rings is 1. The van der Waals surface area contributed by atoms with Crippen molar-refractivity contribution >= 4 is 5.91 Å². The molecule has 0 spiro atoms. The van der Waals surface area contributed by atoms with Crippen molar-refractivity contribution in [2.45, 2.75) is 45.2 Å². The summed E-state index contributed by atoms with van der Waals surface area (Å²) in [5, 5.41) is 6.95. The summed E-state index contributed by atoms with van der Waals surface area (Å²) >= 11 is 0. The van der Waals surface area contributed by atoms with Crippen molar-refractivity contribution in [3.63, 3.8) is 0 Å². The van der Waals surface area contributed by atoms with Gasteiger partial charge in [-0.05, 0) is 31.5 Å². The van der Waals surface area contributed by atoms with Crippen molar-refractivity contribution in [1.29, 1.82) is 0 Å². The van der Waals surface area contributed by atoms with Crippen LogP contribution in [0.15, 0.2) is 18.2 Å². The highest BCUT2D eigenvalue weighted by atomic mass is 19.4. The molecule has 0 saturated heterocycles. The van der Waals surface area contributed by atoms with Crippen LogP contribution in [0.2, 0.25) is 0 Å². The summed E-state index contributed by atoms with van der Waals surface area (Å²) in [5.41, 5.74) is 0.930. The Hall–Kier alpha value is -2.55. The standard InChI is InChI=1S/C19H22F3N3O3/c1-10-7-14-16(11(2)28-10)24-25(3)17(14)18(26)23-9-12-5-6-13(27-4)8-15(12)19(20,21)22/h5-6,8,10-11H,7,9H2,1-4H3,(H,23,26)/t10-,11+/m1/s1. The van der Waals surface area contributed by atoms with Crippen LogP contribution in [0.3, 0.4) is 0 Å². The van der Waals surface area contributed by atoms with Crippen molar-refractivity contribution in [3.8, 4) is 5.75 Å². The van der Waals surface area contributed by atoms with E-state index >= 15 is 0 Å². The number of halogens is 3. The van der Waals surface area contributed by atoms with Crippen LogP contribution in [0, 0.1) is 0 Å². The highest BCUT2D eigenvalue weighted by Crippen LogP contribution is 2.35. The number of hydrogen-bond acceptors (Lipinski definition) is 4. The van der Waals surface area contributed by atoms with E-state index in [2.05, 4.69) is 10.4 Å². The largest absolute Gasteiger partial charge is 0.497 e. The molecule has 1 N–H and O–H groups in total. The van der Waals surface area contributed by atoms with Crippen LogP contribution in [-0.4, -0.2) is 28.9 Å². The fourth-order valence-electron chi connectivity index (χ4n) is 3.51. The summed E-state index contributed by atoms with van der Waals surface area (Å²) in [4.78, 5) is 12.8. The van der Waals surface area contributed by atoms with Gasteiger partial charge in [0.2, 0.25) is 0 Å². The SMILES string of the molecule is COc1ccc(CNC(=O)c2c3c(nn2C)[C@H](C)O[C@H](C)C3)c(C(F)(F)F)c1. The molecule has 1 aliphatic rings. The lowest BCUT2D eigenvalue weighted by molar-refractivity contribution is -0.138. The molecule has 1 amide bonds. The third kappa shape index (κ3) is 3.84. The van der Waals surface area contributed by atoms with E-state index in [-0.39, 0.29) is 30.1 Å². The van der Waals surface area contributed by atoms with Crippen molar-refractivity contribution < 1.29 is 27.4 Å². The number of fused-ring (bicyclic) bond motifs is 1. The first kappa shape index (κ1) is 20.2. The lowest BCUT2D eigenvalue weighted by atomic mass is 9.99. The first-order chi connectivity index (χ1) is 13.1. The van der Waals surface area contributed by atoms with Gasteiger partial charge in [0.25, 0.3) is 5.91 Å². The molecule has 1 aromatic heterocycles. The second kappa shape index (κ2) is 7.46. The zero-order valence-corrected chi connectivity index (χ0v) is 16.1. The van der Waals surface area contributed by atoms with Gasteiger partial charge in [0.15, 0.2) is 0 Å².